The van der Waals surface area contributed by atoms with E-state index in [-0.39, 0.29) is 24.6 Å². The number of fused-ring (bicyclic) bond motifs is 2. The summed E-state index contributed by atoms with van der Waals surface area (Å²) in [4.78, 5) is 32.5. The van der Waals surface area contributed by atoms with E-state index in [1.165, 1.54) is 6.07 Å². The predicted octanol–water partition coefficient (Wildman–Crippen LogP) is 8.79. The summed E-state index contributed by atoms with van der Waals surface area (Å²) in [5, 5.41) is 26.7. The number of halogens is 6. The Kier molecular flexibility index (Phi) is 12.0. The fourth-order valence-electron chi connectivity index (χ4n) is 6.51. The summed E-state index contributed by atoms with van der Waals surface area (Å²) in [7, 11) is 0. The van der Waals surface area contributed by atoms with E-state index in [1.54, 1.807) is 83.8 Å². The first-order valence-electron chi connectivity index (χ1n) is 18.6. The third-order valence-electron chi connectivity index (χ3n) is 9.83. The summed E-state index contributed by atoms with van der Waals surface area (Å²) in [5.74, 6) is 3.67. The van der Waals surface area contributed by atoms with Gasteiger partial charge in [-0.2, -0.15) is 31.6 Å². The Labute approximate surface area is 345 Å². The Morgan fingerprint density at radius 2 is 1.21 bits per heavy atom. The Balaban J connectivity index is 0.000000207. The van der Waals surface area contributed by atoms with Crippen molar-refractivity contribution in [2.24, 2.45) is 0 Å². The van der Waals surface area contributed by atoms with Gasteiger partial charge in [-0.1, -0.05) is 24.0 Å². The second-order valence-electron chi connectivity index (χ2n) is 14.3. The van der Waals surface area contributed by atoms with Crippen LogP contribution in [0.1, 0.15) is 68.7 Å². The molecule has 4 aromatic heterocycles. The molecule has 7 rings (SSSR count). The van der Waals surface area contributed by atoms with Crippen molar-refractivity contribution in [2.45, 2.75) is 57.4 Å². The fourth-order valence-corrected chi connectivity index (χ4v) is 6.51. The van der Waals surface area contributed by atoms with Gasteiger partial charge in [0.15, 0.2) is 11.3 Å². The first-order chi connectivity index (χ1) is 28.8. The predicted molar refractivity (Wildman–Crippen MR) is 217 cm³/mol. The normalized spacial score (nSPS) is 13.0. The van der Waals surface area contributed by atoms with Gasteiger partial charge in [-0.3, -0.25) is 13.6 Å². The highest BCUT2D eigenvalue weighted by molar-refractivity contribution is 5.97. The van der Waals surface area contributed by atoms with Crippen LogP contribution in [-0.4, -0.2) is 66.7 Å². The van der Waals surface area contributed by atoms with Crippen molar-refractivity contribution in [3.8, 4) is 53.3 Å². The molecule has 0 saturated heterocycles. The van der Waals surface area contributed by atoms with Crippen molar-refractivity contribution >= 4 is 34.5 Å². The molecule has 1 amide bonds. The number of carbonyl (C=O) groups excluding carboxylic acids is 1. The van der Waals surface area contributed by atoms with Crippen LogP contribution in [0.3, 0.4) is 0 Å². The molecule has 1 aliphatic carbocycles. The number of nitriles is 1. The highest BCUT2D eigenvalue weighted by Gasteiger charge is 2.45. The highest BCUT2D eigenvalue weighted by Crippen LogP contribution is 2.35. The number of aromatic carboxylic acids is 1. The Morgan fingerprint density at radius 3 is 1.57 bits per heavy atom. The maximum absolute atomic E-state index is 12.6. The Hall–Kier alpha value is -7.45. The number of aryl methyl sites for hydroxylation is 2. The van der Waals surface area contributed by atoms with Crippen LogP contribution < -0.4 is 16.0 Å². The van der Waals surface area contributed by atoms with Crippen LogP contribution >= 0.6 is 0 Å². The second kappa shape index (κ2) is 17.0. The van der Waals surface area contributed by atoms with Crippen LogP contribution in [0.15, 0.2) is 73.3 Å². The number of amides is 1. The summed E-state index contributed by atoms with van der Waals surface area (Å²) >= 11 is 0. The van der Waals surface area contributed by atoms with Crippen LogP contribution in [-0.2, 0) is 0 Å². The van der Waals surface area contributed by atoms with E-state index in [1.807, 2.05) is 6.07 Å². The van der Waals surface area contributed by atoms with Gasteiger partial charge < -0.3 is 21.1 Å². The summed E-state index contributed by atoms with van der Waals surface area (Å²) < 4.78 is 78.3. The smallest absolute Gasteiger partial charge is 0.390 e. The molecule has 0 aliphatic heterocycles. The standard InChI is InChI=1S/C24H20F3N5O.C20H16F3N3O2/c1-3-16-11-19(29-9-8-24(25,26)27)21-30-12-20(32(21)13-16)17-4-5-18(15(2)10-17)22(33)31-23(14-28)6-7-23;1-3-13-9-16(24-7-6-20(21,22)23)18-25-10-17(26(18)11-13)14-4-5-15(19(27)28)12(2)8-14/h1,4-5,10-13,29H,6-9H2,2H3,(H,31,33);1,4-5,8-11,24H,6-7H2,2H3,(H,27,28). The number of carboxylic acid groups (broad SMARTS) is 1. The van der Waals surface area contributed by atoms with Crippen LogP contribution in [0.4, 0.5) is 37.7 Å². The lowest BCUT2D eigenvalue weighted by Crippen LogP contribution is -2.35. The number of hydrogen-bond donors (Lipinski definition) is 4. The number of nitrogens with one attached hydrogen (secondary N) is 3. The third kappa shape index (κ3) is 10.1. The van der Waals surface area contributed by atoms with Crippen LogP contribution in [0.5, 0.6) is 0 Å². The maximum Gasteiger partial charge on any atom is 0.390 e. The molecule has 61 heavy (non-hydrogen) atoms. The molecule has 6 aromatic rings. The molecule has 0 spiro atoms. The lowest BCUT2D eigenvalue weighted by atomic mass is 10.0. The van der Waals surface area contributed by atoms with E-state index in [2.05, 4.69) is 43.8 Å². The molecule has 4 heterocycles. The van der Waals surface area contributed by atoms with Gasteiger partial charge in [0.25, 0.3) is 5.91 Å². The minimum atomic E-state index is -4.27. The number of anilines is 2. The first kappa shape index (κ1) is 43.1. The van der Waals surface area contributed by atoms with Crippen LogP contribution in [0.2, 0.25) is 0 Å². The van der Waals surface area contributed by atoms with Gasteiger partial charge in [0, 0.05) is 53.3 Å². The van der Waals surface area contributed by atoms with Crippen LogP contribution in [0.25, 0.3) is 33.8 Å². The lowest BCUT2D eigenvalue weighted by molar-refractivity contribution is -0.132. The maximum atomic E-state index is 12.6. The van der Waals surface area contributed by atoms with Crippen molar-refractivity contribution in [1.29, 1.82) is 5.26 Å². The summed E-state index contributed by atoms with van der Waals surface area (Å²) in [5.41, 5.74) is 6.60. The van der Waals surface area contributed by atoms with E-state index in [4.69, 9.17) is 12.8 Å². The molecule has 1 saturated carbocycles. The SMILES string of the molecule is C#Cc1cc(NCCC(F)(F)F)c2ncc(-c3ccc(C(=O)NC4(C#N)CC4)c(C)c3)n2c1.C#Cc1cc(NCCC(F)(F)F)c2ncc(-c3ccc(C(=O)O)c(C)c3)n2c1. The summed E-state index contributed by atoms with van der Waals surface area (Å²) in [6, 6.07) is 15.4. The van der Waals surface area contributed by atoms with E-state index in [0.29, 0.717) is 80.3 Å². The molecule has 312 valence electrons. The molecular weight excluding hydrogens is 803 g/mol. The lowest BCUT2D eigenvalue weighted by Gasteiger charge is -2.13. The molecule has 0 unspecified atom stereocenters. The molecule has 2 aromatic carbocycles. The zero-order valence-corrected chi connectivity index (χ0v) is 32.6. The van der Waals surface area contributed by atoms with Crippen molar-refractivity contribution in [3.63, 3.8) is 0 Å². The average Bonchev–Trinajstić information content (AvgIpc) is 3.61. The van der Waals surface area contributed by atoms with Crippen molar-refractivity contribution in [1.82, 2.24) is 24.1 Å². The monoisotopic (exact) mass is 838 g/mol. The van der Waals surface area contributed by atoms with Gasteiger partial charge in [-0.05, 0) is 74.2 Å². The number of terminal acetylenes is 2. The molecule has 0 atom stereocenters. The number of carboxylic acids is 1. The number of nitrogens with zero attached hydrogens (tertiary/aromatic N) is 5. The number of carbonyl (C=O) groups is 2. The topological polar surface area (TPSA) is 149 Å². The molecule has 1 fully saturated rings. The minimum Gasteiger partial charge on any atom is -0.478 e. The van der Waals surface area contributed by atoms with Crippen molar-refractivity contribution in [3.05, 3.63) is 107 Å². The van der Waals surface area contributed by atoms with Gasteiger partial charge in [0.05, 0.1) is 59.6 Å². The van der Waals surface area contributed by atoms with Gasteiger partial charge in [0.1, 0.15) is 5.54 Å². The summed E-state index contributed by atoms with van der Waals surface area (Å²) in [6.07, 6.45) is 8.34. The van der Waals surface area contributed by atoms with E-state index < -0.39 is 36.7 Å². The minimum absolute atomic E-state index is 0.191. The fraction of sp³-hybridized carbons (Fsp3) is 0.250. The van der Waals surface area contributed by atoms with Gasteiger partial charge in [-0.15, -0.1) is 12.8 Å². The number of aromatic nitrogens is 4. The van der Waals surface area contributed by atoms with Crippen LogP contribution in [0, 0.1) is 49.9 Å². The van der Waals surface area contributed by atoms with E-state index in [0.717, 1.165) is 5.56 Å². The second-order valence-corrected chi connectivity index (χ2v) is 14.3. The molecule has 17 heteroatoms. The van der Waals surface area contributed by atoms with Gasteiger partial charge in [0.2, 0.25) is 0 Å². The zero-order valence-electron chi connectivity index (χ0n) is 32.6. The highest BCUT2D eigenvalue weighted by atomic mass is 19.4. The van der Waals surface area contributed by atoms with E-state index in [9.17, 15) is 46.3 Å². The Bertz CT molecular complexity index is 2800. The van der Waals surface area contributed by atoms with Gasteiger partial charge >= 0.3 is 18.3 Å². The first-order valence-corrected chi connectivity index (χ1v) is 18.6. The molecule has 4 N–H and O–H groups in total. The number of benzene rings is 2. The van der Waals surface area contributed by atoms with Crippen molar-refractivity contribution in [2.75, 3.05) is 23.7 Å². The van der Waals surface area contributed by atoms with Gasteiger partial charge in [-0.25, -0.2) is 14.8 Å². The molecule has 0 radical (unpaired) electrons. The number of rotatable bonds is 11. The largest absolute Gasteiger partial charge is 0.478 e. The number of hydrogen-bond acceptors (Lipinski definition) is 7. The number of alkyl halides is 6. The third-order valence-corrected chi connectivity index (χ3v) is 9.83. The average molecular weight is 839 g/mol. The van der Waals surface area contributed by atoms with Crippen molar-refractivity contribution < 1.29 is 41.0 Å². The summed E-state index contributed by atoms with van der Waals surface area (Å²) in [6.45, 7) is 2.88. The van der Waals surface area contributed by atoms with E-state index >= 15 is 0 Å². The zero-order chi connectivity index (χ0) is 44.3. The molecule has 0 bridgehead atoms. The number of imidazole rings is 2. The Morgan fingerprint density at radius 1 is 0.770 bits per heavy atom. The molecular formula is C44H36F6N8O3. The molecule has 11 nitrogen and oxygen atoms in total. The number of pyridine rings is 2. The quantitative estimate of drug-likeness (QED) is 0.0748. The molecule has 1 aliphatic rings.